The largest absolute Gasteiger partial charge is 0.366 e. The van der Waals surface area contributed by atoms with E-state index in [9.17, 15) is 9.59 Å². The lowest BCUT2D eigenvalue weighted by Crippen LogP contribution is -2.18. The molecule has 0 aliphatic heterocycles. The van der Waals surface area contributed by atoms with Crippen LogP contribution < -0.4 is 11.1 Å². The van der Waals surface area contributed by atoms with E-state index in [2.05, 4.69) is 5.32 Å². The Kier molecular flexibility index (Phi) is 3.84. The normalized spacial score (nSPS) is 10.1. The summed E-state index contributed by atoms with van der Waals surface area (Å²) in [5.41, 5.74) is 8.71. The summed E-state index contributed by atoms with van der Waals surface area (Å²) in [6.07, 6.45) is 0. The van der Waals surface area contributed by atoms with Crippen molar-refractivity contribution in [1.29, 1.82) is 0 Å². The molecule has 2 aromatic rings. The molecule has 0 aliphatic rings. The Morgan fingerprint density at radius 2 is 1.70 bits per heavy atom. The van der Waals surface area contributed by atoms with Gasteiger partial charge in [0.25, 0.3) is 11.8 Å². The van der Waals surface area contributed by atoms with Gasteiger partial charge >= 0.3 is 0 Å². The van der Waals surface area contributed by atoms with E-state index in [0.717, 1.165) is 11.1 Å². The molecular formula is C16H16N2O2. The van der Waals surface area contributed by atoms with Crippen molar-refractivity contribution in [3.63, 3.8) is 0 Å². The Labute approximate surface area is 117 Å². The van der Waals surface area contributed by atoms with Crippen LogP contribution in [0.25, 0.3) is 0 Å². The molecule has 0 spiro atoms. The van der Waals surface area contributed by atoms with Crippen molar-refractivity contribution in [2.24, 2.45) is 5.73 Å². The number of primary amides is 1. The molecule has 2 rings (SSSR count). The minimum Gasteiger partial charge on any atom is -0.366 e. The number of nitrogens with two attached hydrogens (primary N) is 1. The van der Waals surface area contributed by atoms with Gasteiger partial charge in [-0.1, -0.05) is 18.2 Å². The summed E-state index contributed by atoms with van der Waals surface area (Å²) < 4.78 is 0. The van der Waals surface area contributed by atoms with Crippen LogP contribution >= 0.6 is 0 Å². The van der Waals surface area contributed by atoms with Crippen LogP contribution in [-0.4, -0.2) is 11.8 Å². The van der Waals surface area contributed by atoms with Gasteiger partial charge in [-0.2, -0.15) is 0 Å². The van der Waals surface area contributed by atoms with Crippen molar-refractivity contribution in [2.45, 2.75) is 13.8 Å². The summed E-state index contributed by atoms with van der Waals surface area (Å²) in [6, 6.07) is 12.1. The lowest BCUT2D eigenvalue weighted by Gasteiger charge is -2.09. The lowest BCUT2D eigenvalue weighted by molar-refractivity contribution is 0.100. The van der Waals surface area contributed by atoms with Gasteiger partial charge in [-0.3, -0.25) is 9.59 Å². The fraction of sp³-hybridized carbons (Fsp3) is 0.125. The molecule has 0 fully saturated rings. The topological polar surface area (TPSA) is 72.2 Å². The molecule has 0 bridgehead atoms. The highest BCUT2D eigenvalue weighted by Gasteiger charge is 2.12. The van der Waals surface area contributed by atoms with Gasteiger partial charge in [-0.25, -0.2) is 0 Å². The number of carbonyl (C=O) groups excluding carboxylic acids is 2. The van der Waals surface area contributed by atoms with Crippen molar-refractivity contribution in [1.82, 2.24) is 0 Å². The van der Waals surface area contributed by atoms with E-state index in [1.165, 1.54) is 0 Å². The SMILES string of the molecule is Cc1ccc(C(=O)Nc2ccccc2C(N)=O)cc1C. The van der Waals surface area contributed by atoms with E-state index in [1.807, 2.05) is 26.0 Å². The van der Waals surface area contributed by atoms with Gasteiger partial charge in [0.05, 0.1) is 11.3 Å². The maximum Gasteiger partial charge on any atom is 0.255 e. The van der Waals surface area contributed by atoms with E-state index in [4.69, 9.17) is 5.73 Å². The number of hydrogen-bond acceptors (Lipinski definition) is 2. The Morgan fingerprint density at radius 1 is 1.00 bits per heavy atom. The molecule has 0 saturated heterocycles. The van der Waals surface area contributed by atoms with Gasteiger partial charge in [0.1, 0.15) is 0 Å². The molecule has 3 N–H and O–H groups in total. The van der Waals surface area contributed by atoms with Crippen molar-refractivity contribution in [2.75, 3.05) is 5.32 Å². The van der Waals surface area contributed by atoms with Crippen molar-refractivity contribution in [3.8, 4) is 0 Å². The second-order valence-electron chi connectivity index (χ2n) is 4.66. The highest BCUT2D eigenvalue weighted by molar-refractivity contribution is 6.08. The molecule has 4 heteroatoms. The molecule has 2 amide bonds. The van der Waals surface area contributed by atoms with Gasteiger partial charge in [0.2, 0.25) is 0 Å². The first-order valence-corrected chi connectivity index (χ1v) is 6.26. The molecule has 0 aromatic heterocycles. The minimum absolute atomic E-state index is 0.262. The van der Waals surface area contributed by atoms with Gasteiger partial charge in [-0.15, -0.1) is 0 Å². The number of carbonyl (C=O) groups is 2. The number of para-hydroxylation sites is 1. The fourth-order valence-corrected chi connectivity index (χ4v) is 1.88. The number of nitrogens with one attached hydrogen (secondary N) is 1. The molecule has 0 saturated carbocycles. The molecule has 0 radical (unpaired) electrons. The minimum atomic E-state index is -0.569. The first-order valence-electron chi connectivity index (χ1n) is 6.26. The standard InChI is InChI=1S/C16H16N2O2/c1-10-7-8-12(9-11(10)2)16(20)18-14-6-4-3-5-13(14)15(17)19/h3-9H,1-2H3,(H2,17,19)(H,18,20). The molecule has 0 unspecified atom stereocenters. The molecular weight excluding hydrogens is 252 g/mol. The van der Waals surface area contributed by atoms with E-state index >= 15 is 0 Å². The van der Waals surface area contributed by atoms with E-state index in [1.54, 1.807) is 30.3 Å². The van der Waals surface area contributed by atoms with Crippen LogP contribution in [0.3, 0.4) is 0 Å². The third-order valence-corrected chi connectivity index (χ3v) is 3.21. The number of amides is 2. The third-order valence-electron chi connectivity index (χ3n) is 3.21. The number of hydrogen-bond donors (Lipinski definition) is 2. The van der Waals surface area contributed by atoms with Gasteiger partial charge in [0, 0.05) is 5.56 Å². The molecule has 102 valence electrons. The van der Waals surface area contributed by atoms with Crippen LogP contribution in [0.4, 0.5) is 5.69 Å². The number of rotatable bonds is 3. The second-order valence-corrected chi connectivity index (χ2v) is 4.66. The highest BCUT2D eigenvalue weighted by atomic mass is 16.2. The zero-order chi connectivity index (χ0) is 14.7. The molecule has 0 atom stereocenters. The van der Waals surface area contributed by atoms with Crippen LogP contribution in [0.15, 0.2) is 42.5 Å². The van der Waals surface area contributed by atoms with Gasteiger partial charge in [0.15, 0.2) is 0 Å². The fourth-order valence-electron chi connectivity index (χ4n) is 1.88. The predicted molar refractivity (Wildman–Crippen MR) is 78.8 cm³/mol. The summed E-state index contributed by atoms with van der Waals surface area (Å²) in [6.45, 7) is 3.93. The Hall–Kier alpha value is -2.62. The lowest BCUT2D eigenvalue weighted by atomic mass is 10.1. The quantitative estimate of drug-likeness (QED) is 0.898. The average molecular weight is 268 g/mol. The monoisotopic (exact) mass is 268 g/mol. The zero-order valence-electron chi connectivity index (χ0n) is 11.4. The smallest absolute Gasteiger partial charge is 0.255 e. The van der Waals surface area contributed by atoms with E-state index in [-0.39, 0.29) is 5.91 Å². The average Bonchev–Trinajstić information content (AvgIpc) is 2.42. The summed E-state index contributed by atoms with van der Waals surface area (Å²) in [5.74, 6) is -0.831. The number of benzene rings is 2. The summed E-state index contributed by atoms with van der Waals surface area (Å²) in [4.78, 5) is 23.5. The number of aryl methyl sites for hydroxylation is 2. The Balaban J connectivity index is 2.28. The maximum absolute atomic E-state index is 12.2. The third kappa shape index (κ3) is 2.85. The van der Waals surface area contributed by atoms with Gasteiger partial charge < -0.3 is 11.1 Å². The molecule has 0 heterocycles. The van der Waals surface area contributed by atoms with Crippen LogP contribution in [0.5, 0.6) is 0 Å². The van der Waals surface area contributed by atoms with Crippen LogP contribution in [-0.2, 0) is 0 Å². The zero-order valence-corrected chi connectivity index (χ0v) is 11.4. The predicted octanol–water partition coefficient (Wildman–Crippen LogP) is 2.65. The Morgan fingerprint density at radius 3 is 2.35 bits per heavy atom. The van der Waals surface area contributed by atoms with Crippen LogP contribution in [0, 0.1) is 13.8 Å². The van der Waals surface area contributed by atoms with Crippen molar-refractivity contribution < 1.29 is 9.59 Å². The molecule has 4 nitrogen and oxygen atoms in total. The second kappa shape index (κ2) is 5.57. The molecule has 0 aliphatic carbocycles. The van der Waals surface area contributed by atoms with Crippen LogP contribution in [0.2, 0.25) is 0 Å². The first-order chi connectivity index (χ1) is 9.49. The highest BCUT2D eigenvalue weighted by Crippen LogP contribution is 2.16. The summed E-state index contributed by atoms with van der Waals surface area (Å²) >= 11 is 0. The van der Waals surface area contributed by atoms with Crippen LogP contribution in [0.1, 0.15) is 31.8 Å². The van der Waals surface area contributed by atoms with Crippen molar-refractivity contribution in [3.05, 3.63) is 64.7 Å². The van der Waals surface area contributed by atoms with E-state index in [0.29, 0.717) is 16.8 Å². The molecule has 2 aromatic carbocycles. The molecule has 20 heavy (non-hydrogen) atoms. The van der Waals surface area contributed by atoms with Crippen molar-refractivity contribution >= 4 is 17.5 Å². The summed E-state index contributed by atoms with van der Waals surface area (Å²) in [7, 11) is 0. The van der Waals surface area contributed by atoms with E-state index < -0.39 is 5.91 Å². The first kappa shape index (κ1) is 13.8. The maximum atomic E-state index is 12.2. The van der Waals surface area contributed by atoms with Gasteiger partial charge in [-0.05, 0) is 49.2 Å². The number of anilines is 1. The Bertz CT molecular complexity index is 678. The summed E-state index contributed by atoms with van der Waals surface area (Å²) in [5, 5.41) is 2.72.